The highest BCUT2D eigenvalue weighted by molar-refractivity contribution is 5.94. The molecule has 1 aliphatic carbocycles. The lowest BCUT2D eigenvalue weighted by Gasteiger charge is -2.33. The molecular weight excluding hydrogens is 407 g/mol. The van der Waals surface area contributed by atoms with Crippen molar-refractivity contribution in [3.8, 4) is 16.9 Å². The maximum absolute atomic E-state index is 13.3. The first-order chi connectivity index (χ1) is 14.0. The van der Waals surface area contributed by atoms with Gasteiger partial charge in [0.2, 0.25) is 0 Å². The van der Waals surface area contributed by atoms with Crippen LogP contribution >= 0.6 is 0 Å². The van der Waals surface area contributed by atoms with E-state index in [1.165, 1.54) is 24.3 Å². The molecule has 0 radical (unpaired) electrons. The first-order valence-electron chi connectivity index (χ1n) is 8.88. The Balaban J connectivity index is 1.74. The third-order valence-electron chi connectivity index (χ3n) is 4.72. The van der Waals surface area contributed by atoms with Gasteiger partial charge in [-0.15, -0.1) is 0 Å². The number of nitrogens with one attached hydrogen (secondary N) is 1. The Kier molecular flexibility index (Phi) is 5.72. The van der Waals surface area contributed by atoms with Crippen LogP contribution in [0.4, 0.5) is 18.0 Å². The molecule has 1 aromatic heterocycles. The monoisotopic (exact) mass is 425 g/mol. The number of benzene rings is 1. The van der Waals surface area contributed by atoms with Crippen molar-refractivity contribution in [1.82, 2.24) is 4.98 Å². The van der Waals surface area contributed by atoms with E-state index in [-0.39, 0.29) is 23.1 Å². The SMILES string of the molecule is NC(=O)OC1CC(COc2ccc(-c3cc(C(N)=O)c(=O)[nH]c3C(F)(F)F)cc2)C1. The van der Waals surface area contributed by atoms with E-state index in [4.69, 9.17) is 20.9 Å². The molecule has 0 aliphatic heterocycles. The highest BCUT2D eigenvalue weighted by atomic mass is 19.4. The molecular formula is C19H18F3N3O5. The number of alkyl halides is 3. The number of carbonyl (C=O) groups is 2. The van der Waals surface area contributed by atoms with Crippen molar-refractivity contribution in [2.75, 3.05) is 6.61 Å². The quantitative estimate of drug-likeness (QED) is 0.653. The molecule has 8 nitrogen and oxygen atoms in total. The summed E-state index contributed by atoms with van der Waals surface area (Å²) in [6, 6.07) is 6.53. The van der Waals surface area contributed by atoms with E-state index in [2.05, 4.69) is 0 Å². The smallest absolute Gasteiger partial charge is 0.431 e. The normalized spacial score (nSPS) is 18.4. The molecule has 1 fully saturated rings. The van der Waals surface area contributed by atoms with Gasteiger partial charge in [0.25, 0.3) is 11.5 Å². The second-order valence-corrected chi connectivity index (χ2v) is 6.89. The number of amides is 2. The van der Waals surface area contributed by atoms with Crippen molar-refractivity contribution in [1.29, 1.82) is 0 Å². The number of hydrogen-bond donors (Lipinski definition) is 3. The maximum Gasteiger partial charge on any atom is 0.431 e. The largest absolute Gasteiger partial charge is 0.493 e. The Labute approximate surface area is 168 Å². The molecule has 0 saturated heterocycles. The van der Waals surface area contributed by atoms with Crippen LogP contribution < -0.4 is 21.8 Å². The number of hydrogen-bond acceptors (Lipinski definition) is 5. The Morgan fingerprint density at radius 3 is 2.30 bits per heavy atom. The zero-order chi connectivity index (χ0) is 22.1. The average Bonchev–Trinajstić information content (AvgIpc) is 2.62. The topological polar surface area (TPSA) is 138 Å². The summed E-state index contributed by atoms with van der Waals surface area (Å²) in [5.41, 5.74) is 6.69. The van der Waals surface area contributed by atoms with Gasteiger partial charge in [-0.1, -0.05) is 12.1 Å². The summed E-state index contributed by atoms with van der Waals surface area (Å²) in [7, 11) is 0. The molecule has 1 aliphatic rings. The van der Waals surface area contributed by atoms with E-state index in [9.17, 15) is 27.6 Å². The van der Waals surface area contributed by atoms with Crippen molar-refractivity contribution in [3.63, 3.8) is 0 Å². The minimum Gasteiger partial charge on any atom is -0.493 e. The fourth-order valence-corrected chi connectivity index (χ4v) is 3.18. The van der Waals surface area contributed by atoms with E-state index in [0.29, 0.717) is 25.2 Å². The molecule has 2 amide bonds. The highest BCUT2D eigenvalue weighted by Crippen LogP contribution is 2.36. The molecule has 0 bridgehead atoms. The number of pyridine rings is 1. The lowest BCUT2D eigenvalue weighted by molar-refractivity contribution is -0.140. The molecule has 0 spiro atoms. The zero-order valence-electron chi connectivity index (χ0n) is 15.5. The minimum atomic E-state index is -4.84. The molecule has 1 saturated carbocycles. The number of rotatable bonds is 6. The number of nitrogens with two attached hydrogens (primary N) is 2. The summed E-state index contributed by atoms with van der Waals surface area (Å²) in [6.07, 6.45) is -4.66. The zero-order valence-corrected chi connectivity index (χ0v) is 15.5. The second kappa shape index (κ2) is 8.09. The van der Waals surface area contributed by atoms with Crippen LogP contribution in [0.1, 0.15) is 28.9 Å². The number of halogens is 3. The summed E-state index contributed by atoms with van der Waals surface area (Å²) in [6.45, 7) is 0.344. The van der Waals surface area contributed by atoms with E-state index in [1.54, 1.807) is 4.98 Å². The first kappa shape index (κ1) is 21.2. The molecule has 0 unspecified atom stereocenters. The van der Waals surface area contributed by atoms with Crippen LogP contribution in [0.3, 0.4) is 0 Å². The molecule has 160 valence electrons. The summed E-state index contributed by atoms with van der Waals surface area (Å²) in [4.78, 5) is 35.4. The van der Waals surface area contributed by atoms with Gasteiger partial charge in [-0.05, 0) is 42.5 Å². The van der Waals surface area contributed by atoms with Crippen molar-refractivity contribution >= 4 is 12.0 Å². The van der Waals surface area contributed by atoms with Gasteiger partial charge in [0.1, 0.15) is 23.1 Å². The van der Waals surface area contributed by atoms with Gasteiger partial charge in [-0.25, -0.2) is 4.79 Å². The van der Waals surface area contributed by atoms with E-state index in [0.717, 1.165) is 6.07 Å². The number of ether oxygens (including phenoxy) is 2. The van der Waals surface area contributed by atoms with Crippen molar-refractivity contribution in [2.24, 2.45) is 17.4 Å². The van der Waals surface area contributed by atoms with Crippen LogP contribution in [0.2, 0.25) is 0 Å². The highest BCUT2D eigenvalue weighted by Gasteiger charge is 2.36. The van der Waals surface area contributed by atoms with Crippen molar-refractivity contribution < 1.29 is 32.2 Å². The molecule has 5 N–H and O–H groups in total. The lowest BCUT2D eigenvalue weighted by atomic mass is 9.83. The lowest BCUT2D eigenvalue weighted by Crippen LogP contribution is -2.37. The number of H-pyrrole nitrogens is 1. The average molecular weight is 425 g/mol. The number of aromatic amines is 1. The van der Waals surface area contributed by atoms with E-state index >= 15 is 0 Å². The first-order valence-corrected chi connectivity index (χ1v) is 8.88. The molecule has 1 aromatic carbocycles. The van der Waals surface area contributed by atoms with Gasteiger partial charge < -0.3 is 25.9 Å². The summed E-state index contributed by atoms with van der Waals surface area (Å²) >= 11 is 0. The predicted molar refractivity (Wildman–Crippen MR) is 98.7 cm³/mol. The molecule has 0 atom stereocenters. The van der Waals surface area contributed by atoms with Crippen LogP contribution in [0.5, 0.6) is 5.75 Å². The van der Waals surface area contributed by atoms with E-state index in [1.807, 2.05) is 0 Å². The number of aromatic nitrogens is 1. The molecule has 2 aromatic rings. The van der Waals surface area contributed by atoms with Crippen LogP contribution in [-0.2, 0) is 10.9 Å². The third-order valence-corrected chi connectivity index (χ3v) is 4.72. The summed E-state index contributed by atoms with van der Waals surface area (Å²) in [5.74, 6) is -0.542. The summed E-state index contributed by atoms with van der Waals surface area (Å²) < 4.78 is 50.5. The molecule has 1 heterocycles. The van der Waals surface area contributed by atoms with Crippen molar-refractivity contribution in [2.45, 2.75) is 25.1 Å². The fraction of sp³-hybridized carbons (Fsp3) is 0.316. The van der Waals surface area contributed by atoms with Gasteiger partial charge in [0.05, 0.1) is 6.61 Å². The van der Waals surface area contributed by atoms with E-state index < -0.39 is 35.0 Å². The Hall–Kier alpha value is -3.50. The molecule has 30 heavy (non-hydrogen) atoms. The van der Waals surface area contributed by atoms with Gasteiger partial charge >= 0.3 is 12.3 Å². The number of primary amides is 2. The minimum absolute atomic E-state index is 0.118. The van der Waals surface area contributed by atoms with Gasteiger partial charge in [-0.3, -0.25) is 9.59 Å². The predicted octanol–water partition coefficient (Wildman–Crippen LogP) is 2.41. The summed E-state index contributed by atoms with van der Waals surface area (Å²) in [5, 5.41) is 0. The third kappa shape index (κ3) is 4.73. The Morgan fingerprint density at radius 2 is 1.77 bits per heavy atom. The standard InChI is InChI=1S/C19H18F3N3O5/c20-19(21,22)15-13(7-14(16(23)26)17(27)25-15)10-1-3-11(4-2-10)29-8-9-5-12(6-9)30-18(24)28/h1-4,7,9,12H,5-6,8H2,(H2,23,26)(H2,24,28)(H,25,27). The van der Waals surface area contributed by atoms with Gasteiger partial charge in [-0.2, -0.15) is 13.2 Å². The van der Waals surface area contributed by atoms with Gasteiger partial charge in [0.15, 0.2) is 0 Å². The maximum atomic E-state index is 13.3. The van der Waals surface area contributed by atoms with Gasteiger partial charge in [0, 0.05) is 5.56 Å². The van der Waals surface area contributed by atoms with Crippen LogP contribution in [-0.4, -0.2) is 29.7 Å². The Morgan fingerprint density at radius 1 is 1.13 bits per heavy atom. The molecule has 3 rings (SSSR count). The van der Waals surface area contributed by atoms with Crippen LogP contribution in [0, 0.1) is 5.92 Å². The Bertz CT molecular complexity index is 1010. The molecule has 11 heteroatoms. The van der Waals surface area contributed by atoms with Crippen LogP contribution in [0.25, 0.3) is 11.1 Å². The second-order valence-electron chi connectivity index (χ2n) is 6.89. The van der Waals surface area contributed by atoms with Crippen LogP contribution in [0.15, 0.2) is 35.1 Å². The number of carbonyl (C=O) groups excluding carboxylic acids is 2. The van der Waals surface area contributed by atoms with Crippen molar-refractivity contribution in [3.05, 3.63) is 51.9 Å². The fourth-order valence-electron chi connectivity index (χ4n) is 3.18.